The zero-order valence-corrected chi connectivity index (χ0v) is 11.6. The summed E-state index contributed by atoms with van der Waals surface area (Å²) in [7, 11) is 0. The quantitative estimate of drug-likeness (QED) is 0.776. The Bertz CT molecular complexity index is 343. The molecule has 2 rings (SSSR count). The van der Waals surface area contributed by atoms with Crippen LogP contribution >= 0.6 is 0 Å². The molecule has 1 N–H and O–H groups in total. The molecule has 0 aromatic heterocycles. The lowest BCUT2D eigenvalue weighted by Crippen LogP contribution is -2.29. The Morgan fingerprint density at radius 3 is 2.67 bits per heavy atom. The molecular formula is C16H26N2. The first-order chi connectivity index (χ1) is 8.88. The molecule has 0 bridgehead atoms. The Balaban J connectivity index is 1.85. The van der Waals surface area contributed by atoms with Gasteiger partial charge in [-0.15, -0.1) is 0 Å². The van der Waals surface area contributed by atoms with Gasteiger partial charge in [-0.05, 0) is 50.0 Å². The van der Waals surface area contributed by atoms with Crippen LogP contribution in [-0.2, 0) is 13.1 Å². The summed E-state index contributed by atoms with van der Waals surface area (Å²) in [6, 6.07) is 9.04. The van der Waals surface area contributed by atoms with Crippen LogP contribution < -0.4 is 5.32 Å². The molecule has 1 aliphatic heterocycles. The van der Waals surface area contributed by atoms with Crippen molar-refractivity contribution in [3.05, 3.63) is 35.4 Å². The summed E-state index contributed by atoms with van der Waals surface area (Å²) in [5.41, 5.74) is 2.88. The van der Waals surface area contributed by atoms with E-state index >= 15 is 0 Å². The Morgan fingerprint density at radius 1 is 1.11 bits per heavy atom. The lowest BCUT2D eigenvalue weighted by atomic mass is 10.1. The van der Waals surface area contributed by atoms with E-state index in [0.29, 0.717) is 0 Å². The Kier molecular flexibility index (Phi) is 5.69. The van der Waals surface area contributed by atoms with E-state index < -0.39 is 0 Å². The van der Waals surface area contributed by atoms with Gasteiger partial charge in [0.05, 0.1) is 0 Å². The number of rotatable bonds is 6. The molecule has 2 heteroatoms. The second kappa shape index (κ2) is 7.55. The van der Waals surface area contributed by atoms with Crippen LogP contribution in [0.2, 0.25) is 0 Å². The molecule has 18 heavy (non-hydrogen) atoms. The molecule has 1 fully saturated rings. The van der Waals surface area contributed by atoms with Crippen LogP contribution in [0.4, 0.5) is 0 Å². The number of piperidine rings is 1. The average Bonchev–Trinajstić information content (AvgIpc) is 2.41. The maximum Gasteiger partial charge on any atom is 0.0233 e. The number of hydrogen-bond acceptors (Lipinski definition) is 2. The van der Waals surface area contributed by atoms with Crippen molar-refractivity contribution < 1.29 is 0 Å². The van der Waals surface area contributed by atoms with Gasteiger partial charge in [-0.3, -0.25) is 4.90 Å². The van der Waals surface area contributed by atoms with E-state index in [9.17, 15) is 0 Å². The van der Waals surface area contributed by atoms with Crippen LogP contribution in [0.15, 0.2) is 24.3 Å². The maximum atomic E-state index is 3.47. The standard InChI is InChI=1S/C16H26N2/c1-2-9-17-13-15-7-6-8-16(12-15)14-18-10-4-3-5-11-18/h6-8,12,17H,2-5,9-11,13-14H2,1H3. The highest BCUT2D eigenvalue weighted by molar-refractivity contribution is 5.23. The minimum atomic E-state index is 1.00. The van der Waals surface area contributed by atoms with E-state index in [0.717, 1.165) is 19.6 Å². The number of nitrogens with one attached hydrogen (secondary N) is 1. The SMILES string of the molecule is CCCNCc1cccc(CN2CCCCC2)c1. The second-order valence-corrected chi connectivity index (χ2v) is 5.33. The molecule has 1 aromatic carbocycles. The molecule has 1 aliphatic rings. The van der Waals surface area contributed by atoms with Crippen molar-refractivity contribution in [1.29, 1.82) is 0 Å². The lowest BCUT2D eigenvalue weighted by Gasteiger charge is -2.26. The first-order valence-electron chi connectivity index (χ1n) is 7.39. The molecule has 2 nitrogen and oxygen atoms in total. The van der Waals surface area contributed by atoms with E-state index in [1.165, 1.54) is 49.9 Å². The number of likely N-dealkylation sites (tertiary alicyclic amines) is 1. The number of nitrogens with zero attached hydrogens (tertiary/aromatic N) is 1. The molecule has 0 aliphatic carbocycles. The first-order valence-corrected chi connectivity index (χ1v) is 7.39. The topological polar surface area (TPSA) is 15.3 Å². The second-order valence-electron chi connectivity index (χ2n) is 5.33. The fourth-order valence-corrected chi connectivity index (χ4v) is 2.62. The third-order valence-corrected chi connectivity index (χ3v) is 3.60. The molecule has 1 aromatic rings. The monoisotopic (exact) mass is 246 g/mol. The molecule has 0 atom stereocenters. The van der Waals surface area contributed by atoms with Crippen molar-refractivity contribution in [3.8, 4) is 0 Å². The van der Waals surface area contributed by atoms with Crippen molar-refractivity contribution in [2.75, 3.05) is 19.6 Å². The van der Waals surface area contributed by atoms with Crippen LogP contribution in [0.5, 0.6) is 0 Å². The van der Waals surface area contributed by atoms with E-state index in [1.54, 1.807) is 0 Å². The minimum absolute atomic E-state index is 1.00. The van der Waals surface area contributed by atoms with Crippen molar-refractivity contribution in [1.82, 2.24) is 10.2 Å². The lowest BCUT2D eigenvalue weighted by molar-refractivity contribution is 0.221. The van der Waals surface area contributed by atoms with Crippen LogP contribution in [0.1, 0.15) is 43.7 Å². The highest BCUT2D eigenvalue weighted by atomic mass is 15.1. The number of benzene rings is 1. The summed E-state index contributed by atoms with van der Waals surface area (Å²) in [5.74, 6) is 0. The zero-order valence-electron chi connectivity index (χ0n) is 11.6. The highest BCUT2D eigenvalue weighted by Crippen LogP contribution is 2.14. The van der Waals surface area contributed by atoms with Gasteiger partial charge in [0, 0.05) is 13.1 Å². The van der Waals surface area contributed by atoms with E-state index in [2.05, 4.69) is 41.4 Å². The molecule has 0 spiro atoms. The van der Waals surface area contributed by atoms with Crippen LogP contribution in [0, 0.1) is 0 Å². The van der Waals surface area contributed by atoms with Gasteiger partial charge >= 0.3 is 0 Å². The molecule has 0 amide bonds. The van der Waals surface area contributed by atoms with Crippen molar-refractivity contribution in [3.63, 3.8) is 0 Å². The Morgan fingerprint density at radius 2 is 1.89 bits per heavy atom. The number of hydrogen-bond donors (Lipinski definition) is 1. The molecular weight excluding hydrogens is 220 g/mol. The molecule has 1 saturated heterocycles. The summed E-state index contributed by atoms with van der Waals surface area (Å²) in [6.45, 7) is 8.00. The van der Waals surface area contributed by atoms with Crippen LogP contribution in [-0.4, -0.2) is 24.5 Å². The third-order valence-electron chi connectivity index (χ3n) is 3.60. The highest BCUT2D eigenvalue weighted by Gasteiger charge is 2.10. The zero-order chi connectivity index (χ0) is 12.6. The predicted octanol–water partition coefficient (Wildman–Crippen LogP) is 3.17. The summed E-state index contributed by atoms with van der Waals surface area (Å²) in [6.07, 6.45) is 5.36. The molecule has 100 valence electrons. The fraction of sp³-hybridized carbons (Fsp3) is 0.625. The van der Waals surface area contributed by atoms with Crippen LogP contribution in [0.25, 0.3) is 0 Å². The Labute approximate surface area is 111 Å². The summed E-state index contributed by atoms with van der Waals surface area (Å²) in [5, 5.41) is 3.47. The van der Waals surface area contributed by atoms with Crippen LogP contribution in [0.3, 0.4) is 0 Å². The minimum Gasteiger partial charge on any atom is -0.313 e. The first kappa shape index (κ1) is 13.6. The normalized spacial score (nSPS) is 16.9. The fourth-order valence-electron chi connectivity index (χ4n) is 2.62. The molecule has 0 radical (unpaired) electrons. The Hall–Kier alpha value is -0.860. The van der Waals surface area contributed by atoms with Crippen molar-refractivity contribution in [2.45, 2.75) is 45.7 Å². The van der Waals surface area contributed by atoms with E-state index in [1.807, 2.05) is 0 Å². The van der Waals surface area contributed by atoms with Gasteiger partial charge in [0.2, 0.25) is 0 Å². The van der Waals surface area contributed by atoms with Gasteiger partial charge in [-0.2, -0.15) is 0 Å². The van der Waals surface area contributed by atoms with Gasteiger partial charge in [-0.1, -0.05) is 37.6 Å². The maximum absolute atomic E-state index is 3.47. The van der Waals surface area contributed by atoms with Crippen molar-refractivity contribution >= 4 is 0 Å². The van der Waals surface area contributed by atoms with E-state index in [-0.39, 0.29) is 0 Å². The largest absolute Gasteiger partial charge is 0.313 e. The predicted molar refractivity (Wildman–Crippen MR) is 77.6 cm³/mol. The molecule has 1 heterocycles. The average molecular weight is 246 g/mol. The van der Waals surface area contributed by atoms with Gasteiger partial charge in [0.15, 0.2) is 0 Å². The summed E-state index contributed by atoms with van der Waals surface area (Å²) >= 11 is 0. The molecule has 0 saturated carbocycles. The van der Waals surface area contributed by atoms with Crippen molar-refractivity contribution in [2.24, 2.45) is 0 Å². The molecule has 0 unspecified atom stereocenters. The third kappa shape index (κ3) is 4.43. The smallest absolute Gasteiger partial charge is 0.0233 e. The van der Waals surface area contributed by atoms with Gasteiger partial charge in [-0.25, -0.2) is 0 Å². The van der Waals surface area contributed by atoms with E-state index in [4.69, 9.17) is 0 Å². The summed E-state index contributed by atoms with van der Waals surface area (Å²) < 4.78 is 0. The van der Waals surface area contributed by atoms with Gasteiger partial charge < -0.3 is 5.32 Å². The van der Waals surface area contributed by atoms with Gasteiger partial charge in [0.1, 0.15) is 0 Å². The van der Waals surface area contributed by atoms with Gasteiger partial charge in [0.25, 0.3) is 0 Å². The summed E-state index contributed by atoms with van der Waals surface area (Å²) in [4.78, 5) is 2.59.